The van der Waals surface area contributed by atoms with E-state index < -0.39 is 20.0 Å². The molecule has 1 aromatic carbocycles. The highest BCUT2D eigenvalue weighted by atomic mass is 32.2. The van der Waals surface area contributed by atoms with E-state index in [1.165, 1.54) is 12.3 Å². The molecule has 1 aromatic heterocycles. The van der Waals surface area contributed by atoms with Crippen molar-refractivity contribution < 1.29 is 16.8 Å². The molecular formula is C18H26N4O4S2. The van der Waals surface area contributed by atoms with Gasteiger partial charge >= 0.3 is 0 Å². The lowest BCUT2D eigenvalue weighted by atomic mass is 10.2. The highest BCUT2D eigenvalue weighted by Gasteiger charge is 2.18. The number of anilines is 2. The maximum Gasteiger partial charge on any atom is 0.242 e. The highest BCUT2D eigenvalue weighted by Crippen LogP contribution is 2.18. The molecule has 0 amide bonds. The van der Waals surface area contributed by atoms with Gasteiger partial charge in [-0.05, 0) is 36.6 Å². The summed E-state index contributed by atoms with van der Waals surface area (Å²) >= 11 is 0. The molecule has 0 atom stereocenters. The molecule has 10 heteroatoms. The van der Waals surface area contributed by atoms with Gasteiger partial charge in [0.2, 0.25) is 20.0 Å². The van der Waals surface area contributed by atoms with Crippen molar-refractivity contribution in [3.05, 3.63) is 48.2 Å². The quantitative estimate of drug-likeness (QED) is 0.537. The number of pyridine rings is 1. The van der Waals surface area contributed by atoms with Gasteiger partial charge in [-0.15, -0.1) is 0 Å². The van der Waals surface area contributed by atoms with E-state index in [1.807, 2.05) is 13.8 Å². The van der Waals surface area contributed by atoms with E-state index in [2.05, 4.69) is 19.7 Å². The van der Waals surface area contributed by atoms with E-state index in [0.717, 1.165) is 11.8 Å². The maximum absolute atomic E-state index is 12.4. The van der Waals surface area contributed by atoms with Gasteiger partial charge in [-0.2, -0.15) is 0 Å². The van der Waals surface area contributed by atoms with Gasteiger partial charge in [0, 0.05) is 18.8 Å². The van der Waals surface area contributed by atoms with E-state index in [9.17, 15) is 16.8 Å². The number of benzene rings is 1. The van der Waals surface area contributed by atoms with Crippen LogP contribution in [0.1, 0.15) is 32.3 Å². The Morgan fingerprint density at radius 2 is 1.68 bits per heavy atom. The number of hydrogen-bond acceptors (Lipinski definition) is 6. The Balaban J connectivity index is 2.08. The lowest BCUT2D eigenvalue weighted by Gasteiger charge is -2.15. The van der Waals surface area contributed by atoms with Crippen molar-refractivity contribution in [1.82, 2.24) is 9.71 Å². The number of aromatic nitrogens is 1. The van der Waals surface area contributed by atoms with Crippen LogP contribution >= 0.6 is 0 Å². The normalized spacial score (nSPS) is 12.1. The number of nitrogens with zero attached hydrogens (tertiary/aromatic N) is 1. The van der Waals surface area contributed by atoms with Crippen LogP contribution in [0, 0.1) is 0 Å². The van der Waals surface area contributed by atoms with Gasteiger partial charge in [-0.1, -0.05) is 32.0 Å². The third-order valence-corrected chi connectivity index (χ3v) is 6.22. The summed E-state index contributed by atoms with van der Waals surface area (Å²) in [5.41, 5.74) is 1.22. The molecule has 0 bridgehead atoms. The van der Waals surface area contributed by atoms with Crippen LogP contribution in [0.3, 0.4) is 0 Å². The second kappa shape index (κ2) is 9.35. The first-order chi connectivity index (χ1) is 13.1. The topological polar surface area (TPSA) is 117 Å². The molecule has 0 aliphatic rings. The molecule has 0 fully saturated rings. The third-order valence-electron chi connectivity index (χ3n) is 4.13. The van der Waals surface area contributed by atoms with Gasteiger partial charge in [0.1, 0.15) is 10.7 Å². The van der Waals surface area contributed by atoms with Crippen LogP contribution in [-0.2, 0) is 26.6 Å². The standard InChI is InChI=1S/C18H26N4O4S2/c1-4-15(5-2)21-28(25,26)16-10-11-18(20-13-16)19-12-14-8-6-7-9-17(14)22-27(3,23)24/h6-11,13,15,21-22H,4-5,12H2,1-3H3,(H,19,20). The number of sulfonamides is 2. The summed E-state index contributed by atoms with van der Waals surface area (Å²) in [5.74, 6) is 0.482. The minimum atomic E-state index is -3.61. The Morgan fingerprint density at radius 3 is 2.25 bits per heavy atom. The first kappa shape index (κ1) is 22.1. The van der Waals surface area contributed by atoms with Crippen molar-refractivity contribution in [3.63, 3.8) is 0 Å². The predicted octanol–water partition coefficient (Wildman–Crippen LogP) is 2.53. The minimum Gasteiger partial charge on any atom is -0.366 e. The average Bonchev–Trinajstić information content (AvgIpc) is 2.64. The predicted molar refractivity (Wildman–Crippen MR) is 111 cm³/mol. The molecule has 154 valence electrons. The molecule has 0 unspecified atom stereocenters. The highest BCUT2D eigenvalue weighted by molar-refractivity contribution is 7.92. The Bertz CT molecular complexity index is 987. The van der Waals surface area contributed by atoms with E-state index in [1.54, 1.807) is 30.3 Å². The fourth-order valence-corrected chi connectivity index (χ4v) is 4.49. The molecule has 28 heavy (non-hydrogen) atoms. The summed E-state index contributed by atoms with van der Waals surface area (Å²) in [6.07, 6.45) is 3.81. The van der Waals surface area contributed by atoms with Gasteiger partial charge in [0.25, 0.3) is 0 Å². The lowest BCUT2D eigenvalue weighted by Crippen LogP contribution is -2.33. The number of rotatable bonds is 10. The van der Waals surface area contributed by atoms with Crippen LogP contribution in [0.5, 0.6) is 0 Å². The fourth-order valence-electron chi connectivity index (χ4n) is 2.55. The molecule has 0 spiro atoms. The number of nitrogens with one attached hydrogen (secondary N) is 3. The molecule has 0 radical (unpaired) electrons. The van der Waals surface area contributed by atoms with Gasteiger partial charge in [0.15, 0.2) is 0 Å². The molecule has 3 N–H and O–H groups in total. The smallest absolute Gasteiger partial charge is 0.242 e. The molecule has 1 heterocycles. The van der Waals surface area contributed by atoms with Crippen molar-refractivity contribution in [1.29, 1.82) is 0 Å². The Hall–Kier alpha value is -2.17. The molecule has 2 rings (SSSR count). The number of para-hydroxylation sites is 1. The zero-order valence-corrected chi connectivity index (χ0v) is 17.8. The van der Waals surface area contributed by atoms with Crippen molar-refractivity contribution >= 4 is 31.6 Å². The first-order valence-electron chi connectivity index (χ1n) is 8.92. The summed E-state index contributed by atoms with van der Waals surface area (Å²) in [7, 11) is -7.00. The molecule has 2 aromatic rings. The molecule has 0 saturated heterocycles. The lowest BCUT2D eigenvalue weighted by molar-refractivity contribution is 0.530. The molecule has 8 nitrogen and oxygen atoms in total. The van der Waals surface area contributed by atoms with Gasteiger partial charge < -0.3 is 5.32 Å². The minimum absolute atomic E-state index is 0.101. The van der Waals surface area contributed by atoms with E-state index in [4.69, 9.17) is 0 Å². The van der Waals surface area contributed by atoms with Crippen LogP contribution < -0.4 is 14.8 Å². The van der Waals surface area contributed by atoms with Gasteiger partial charge in [0.05, 0.1) is 11.9 Å². The van der Waals surface area contributed by atoms with E-state index in [-0.39, 0.29) is 10.9 Å². The second-order valence-electron chi connectivity index (χ2n) is 6.40. The van der Waals surface area contributed by atoms with Gasteiger partial charge in [-0.3, -0.25) is 4.72 Å². The fraction of sp³-hybridized carbons (Fsp3) is 0.389. The maximum atomic E-state index is 12.4. The largest absolute Gasteiger partial charge is 0.366 e. The Kier molecular flexibility index (Phi) is 7.39. The second-order valence-corrected chi connectivity index (χ2v) is 9.86. The van der Waals surface area contributed by atoms with Crippen molar-refractivity contribution in [2.75, 3.05) is 16.3 Å². The van der Waals surface area contributed by atoms with E-state index in [0.29, 0.717) is 30.9 Å². The molecule has 0 aliphatic carbocycles. The van der Waals surface area contributed by atoms with Crippen LogP contribution in [0.2, 0.25) is 0 Å². The van der Waals surface area contributed by atoms with Crippen LogP contribution in [0.25, 0.3) is 0 Å². The SMILES string of the molecule is CCC(CC)NS(=O)(=O)c1ccc(NCc2ccccc2NS(C)(=O)=O)nc1. The number of hydrogen-bond donors (Lipinski definition) is 3. The summed E-state index contributed by atoms with van der Waals surface area (Å²) in [6.45, 7) is 4.18. The summed E-state index contributed by atoms with van der Waals surface area (Å²) < 4.78 is 52.9. The monoisotopic (exact) mass is 426 g/mol. The average molecular weight is 427 g/mol. The third kappa shape index (κ3) is 6.47. The van der Waals surface area contributed by atoms with Crippen LogP contribution in [0.15, 0.2) is 47.5 Å². The molecular weight excluding hydrogens is 400 g/mol. The van der Waals surface area contributed by atoms with Gasteiger partial charge in [-0.25, -0.2) is 26.5 Å². The molecule has 0 aliphatic heterocycles. The molecule has 0 saturated carbocycles. The van der Waals surface area contributed by atoms with Crippen molar-refractivity contribution in [2.45, 2.75) is 44.2 Å². The Morgan fingerprint density at radius 1 is 1.00 bits per heavy atom. The van der Waals surface area contributed by atoms with E-state index >= 15 is 0 Å². The summed E-state index contributed by atoms with van der Waals surface area (Å²) in [5, 5.41) is 3.07. The van der Waals surface area contributed by atoms with Crippen LogP contribution in [0.4, 0.5) is 11.5 Å². The first-order valence-corrected chi connectivity index (χ1v) is 12.3. The Labute approximate surface area is 166 Å². The van der Waals surface area contributed by atoms with Crippen molar-refractivity contribution in [2.24, 2.45) is 0 Å². The van der Waals surface area contributed by atoms with Crippen LogP contribution in [-0.4, -0.2) is 34.1 Å². The zero-order chi connectivity index (χ0) is 20.8. The summed E-state index contributed by atoms with van der Waals surface area (Å²) in [4.78, 5) is 4.26. The van der Waals surface area contributed by atoms with Crippen molar-refractivity contribution in [3.8, 4) is 0 Å². The summed E-state index contributed by atoms with van der Waals surface area (Å²) in [6, 6.07) is 9.96. The zero-order valence-electron chi connectivity index (χ0n) is 16.1.